The van der Waals surface area contributed by atoms with Crippen LogP contribution in [0.5, 0.6) is 0 Å². The van der Waals surface area contributed by atoms with Crippen molar-refractivity contribution in [1.82, 2.24) is 0 Å². The monoisotopic (exact) mass is 720 g/mol. The van der Waals surface area contributed by atoms with E-state index in [2.05, 4.69) is 16.9 Å². The molecule has 0 aromatic heterocycles. The molecule has 0 saturated heterocycles. The maximum Gasteiger partial charge on any atom is 0.472 e. The number of nitrogens with zero attached hydrogens (tertiary/aromatic N) is 4. The highest BCUT2D eigenvalue weighted by Crippen LogP contribution is 2.43. The third-order valence-corrected chi connectivity index (χ3v) is 9.34. The van der Waals surface area contributed by atoms with Gasteiger partial charge in [-0.25, -0.2) is 4.57 Å². The average Bonchev–Trinajstić information content (AvgIpc) is 3.04. The van der Waals surface area contributed by atoms with Gasteiger partial charge in [0.25, 0.3) is 0 Å². The highest BCUT2D eigenvalue weighted by molar-refractivity contribution is 7.47. The number of phosphoric acid groups is 1. The van der Waals surface area contributed by atoms with Gasteiger partial charge in [0.2, 0.25) is 0 Å². The Labute approximate surface area is 298 Å². The first-order valence-corrected chi connectivity index (χ1v) is 20.8. The van der Waals surface area contributed by atoms with Crippen LogP contribution in [0.1, 0.15) is 161 Å². The van der Waals surface area contributed by atoms with Gasteiger partial charge in [0.15, 0.2) is 6.10 Å². The summed E-state index contributed by atoms with van der Waals surface area (Å²) in [4.78, 5) is 37.9. The second-order valence-corrected chi connectivity index (χ2v) is 15.7. The molecule has 0 aliphatic rings. The van der Waals surface area contributed by atoms with Gasteiger partial charge in [-0.1, -0.05) is 134 Å². The molecule has 12 nitrogen and oxygen atoms in total. The maximum absolute atomic E-state index is 12.6. The number of phosphoric ester groups is 1. The smallest absolute Gasteiger partial charge is 0.462 e. The molecule has 0 bridgehead atoms. The third kappa shape index (κ3) is 35.9. The molecule has 0 spiro atoms. The molecule has 0 aromatic rings. The van der Waals surface area contributed by atoms with Crippen LogP contribution < -0.4 is 0 Å². The lowest BCUT2D eigenvalue weighted by Gasteiger charge is -2.24. The Hall–Kier alpha value is -1.68. The average molecular weight is 720 g/mol. The van der Waals surface area contributed by atoms with Crippen molar-refractivity contribution in [3.8, 4) is 0 Å². The van der Waals surface area contributed by atoms with Gasteiger partial charge < -0.3 is 18.9 Å². The molecule has 0 radical (unpaired) electrons. The Morgan fingerprint density at radius 2 is 1.14 bits per heavy atom. The molecule has 0 fully saturated rings. The number of hydrogen-bond donors (Lipinski definition) is 1. The summed E-state index contributed by atoms with van der Waals surface area (Å²) in [5.74, 6) is -0.842. The highest BCUT2D eigenvalue weighted by Gasteiger charge is 2.27. The molecule has 13 heteroatoms. The van der Waals surface area contributed by atoms with Crippen molar-refractivity contribution in [2.75, 3.05) is 54.1 Å². The van der Waals surface area contributed by atoms with Gasteiger partial charge in [-0.05, 0) is 24.8 Å². The zero-order valence-corrected chi connectivity index (χ0v) is 32.5. The normalized spacial score (nSPS) is 13.4. The van der Waals surface area contributed by atoms with Gasteiger partial charge in [0.1, 0.15) is 19.8 Å². The lowest BCUT2D eigenvalue weighted by molar-refractivity contribution is -0.870. The fourth-order valence-corrected chi connectivity index (χ4v) is 6.03. The van der Waals surface area contributed by atoms with E-state index in [-0.39, 0.29) is 32.0 Å². The molecule has 0 saturated carbocycles. The van der Waals surface area contributed by atoms with Crippen LogP contribution in [0, 0.1) is 0 Å². The molecular weight excluding hydrogens is 647 g/mol. The Kier molecular flexibility index (Phi) is 31.1. The first kappa shape index (κ1) is 47.3. The van der Waals surface area contributed by atoms with Crippen molar-refractivity contribution >= 4 is 19.8 Å². The number of azide groups is 1. The SMILES string of the molecule is CCCCCCCCCCCCCCCC(=O)OC[C@H](COP(=O)(O)OCC[N+](C)(C)C)OC(=O)CCCCCCCCCCCN=[N+]=[N-]. The lowest BCUT2D eigenvalue weighted by atomic mass is 10.0. The molecule has 0 aliphatic heterocycles. The second kappa shape index (κ2) is 32.2. The highest BCUT2D eigenvalue weighted by atomic mass is 31.2. The van der Waals surface area contributed by atoms with Crippen LogP contribution in [0.2, 0.25) is 0 Å². The molecule has 0 amide bonds. The Morgan fingerprint density at radius 3 is 1.61 bits per heavy atom. The Balaban J connectivity index is 4.39. The summed E-state index contributed by atoms with van der Waals surface area (Å²) >= 11 is 0. The summed E-state index contributed by atoms with van der Waals surface area (Å²) in [7, 11) is 1.43. The predicted molar refractivity (Wildman–Crippen MR) is 196 cm³/mol. The number of hydrogen-bond acceptors (Lipinski definition) is 8. The first-order chi connectivity index (χ1) is 23.5. The van der Waals surface area contributed by atoms with Gasteiger partial charge >= 0.3 is 19.8 Å². The molecule has 0 aliphatic carbocycles. The number of carbonyl (C=O) groups is 2. The summed E-state index contributed by atoms with van der Waals surface area (Å²) in [6.45, 7) is 2.67. The van der Waals surface area contributed by atoms with E-state index in [9.17, 15) is 19.0 Å². The largest absolute Gasteiger partial charge is 0.472 e. The van der Waals surface area contributed by atoms with Crippen molar-refractivity contribution < 1.29 is 42.1 Å². The third-order valence-electron chi connectivity index (χ3n) is 8.36. The molecule has 1 unspecified atom stereocenters. The molecule has 2 atom stereocenters. The molecule has 0 heterocycles. The van der Waals surface area contributed by atoms with Crippen LogP contribution >= 0.6 is 7.82 Å². The van der Waals surface area contributed by atoms with Crippen LogP contribution in [-0.2, 0) is 32.7 Å². The van der Waals surface area contributed by atoms with E-state index >= 15 is 0 Å². The number of esters is 2. The lowest BCUT2D eigenvalue weighted by Crippen LogP contribution is -2.37. The summed E-state index contributed by atoms with van der Waals surface area (Å²) in [6, 6.07) is 0. The predicted octanol–water partition coefficient (Wildman–Crippen LogP) is 9.97. The van der Waals surface area contributed by atoms with Crippen molar-refractivity contribution in [2.24, 2.45) is 5.11 Å². The fraction of sp³-hybridized carbons (Fsp3) is 0.944. The Morgan fingerprint density at radius 1 is 0.694 bits per heavy atom. The van der Waals surface area contributed by atoms with E-state index in [0.717, 1.165) is 70.6 Å². The van der Waals surface area contributed by atoms with E-state index in [1.54, 1.807) is 0 Å². The molecule has 49 heavy (non-hydrogen) atoms. The minimum atomic E-state index is -4.38. The zero-order valence-electron chi connectivity index (χ0n) is 31.6. The van der Waals surface area contributed by atoms with E-state index < -0.39 is 26.5 Å². The number of unbranched alkanes of at least 4 members (excludes halogenated alkanes) is 20. The summed E-state index contributed by atoms with van der Waals surface area (Å²) < 4.78 is 34.1. The van der Waals surface area contributed by atoms with E-state index in [4.69, 9.17) is 24.1 Å². The van der Waals surface area contributed by atoms with Crippen molar-refractivity contribution in [2.45, 2.75) is 167 Å². The number of ether oxygens (including phenoxy) is 2. The molecular formula is C36H72N4O8P+. The second-order valence-electron chi connectivity index (χ2n) is 14.3. The van der Waals surface area contributed by atoms with Gasteiger partial charge in [0.05, 0.1) is 27.7 Å². The molecule has 288 valence electrons. The first-order valence-electron chi connectivity index (χ1n) is 19.3. The van der Waals surface area contributed by atoms with Gasteiger partial charge in [0, 0.05) is 24.3 Å². The van der Waals surface area contributed by atoms with Crippen molar-refractivity contribution in [1.29, 1.82) is 0 Å². The molecule has 1 N–H and O–H groups in total. The van der Waals surface area contributed by atoms with Gasteiger partial charge in [-0.15, -0.1) is 0 Å². The topological polar surface area (TPSA) is 157 Å². The number of quaternary nitrogens is 1. The van der Waals surface area contributed by atoms with Crippen LogP contribution in [-0.4, -0.2) is 81.5 Å². The van der Waals surface area contributed by atoms with Crippen LogP contribution in [0.4, 0.5) is 0 Å². The zero-order chi connectivity index (χ0) is 36.5. The van der Waals surface area contributed by atoms with E-state index in [1.807, 2.05) is 21.1 Å². The summed E-state index contributed by atoms with van der Waals surface area (Å²) in [5, 5.41) is 3.55. The van der Waals surface area contributed by atoms with Crippen LogP contribution in [0.3, 0.4) is 0 Å². The van der Waals surface area contributed by atoms with Crippen molar-refractivity contribution in [3.63, 3.8) is 0 Å². The minimum absolute atomic E-state index is 0.0211. The fourth-order valence-electron chi connectivity index (χ4n) is 5.28. The number of rotatable bonds is 36. The molecule has 0 aromatic carbocycles. The summed E-state index contributed by atoms with van der Waals surface area (Å²) in [6.07, 6.45) is 24.4. The van der Waals surface area contributed by atoms with E-state index in [1.165, 1.54) is 64.2 Å². The molecule has 0 rings (SSSR count). The summed E-state index contributed by atoms with van der Waals surface area (Å²) in [5.41, 5.74) is 8.30. The van der Waals surface area contributed by atoms with Gasteiger partial charge in [-0.3, -0.25) is 18.6 Å². The number of likely N-dealkylation sites (N-methyl/N-ethyl adjacent to an activating group) is 1. The maximum atomic E-state index is 12.6. The number of carbonyl (C=O) groups excluding carboxylic acids is 2. The Bertz CT molecular complexity index is 912. The van der Waals surface area contributed by atoms with Gasteiger partial charge in [-0.2, -0.15) is 0 Å². The van der Waals surface area contributed by atoms with Crippen LogP contribution in [0.25, 0.3) is 10.4 Å². The van der Waals surface area contributed by atoms with Crippen LogP contribution in [0.15, 0.2) is 5.11 Å². The van der Waals surface area contributed by atoms with Crippen molar-refractivity contribution in [3.05, 3.63) is 10.4 Å². The standard InChI is InChI=1S/C36H71N4O8P/c1-5-6-7-8-9-10-11-12-13-15-18-21-24-27-35(41)45-32-34(33-47-49(43,44)46-31-30-40(2,3)4)48-36(42)28-25-22-19-16-14-17-20-23-26-29-38-39-37/h34H,5-33H2,1-4H3/p+1/t34-/m1/s1. The quantitative estimate of drug-likeness (QED) is 0.0127. The minimum Gasteiger partial charge on any atom is -0.462 e. The van der Waals surface area contributed by atoms with E-state index in [0.29, 0.717) is 24.0 Å².